The number of aliphatic imine (C=N–C) groups is 1. The molecule has 0 spiro atoms. The molecule has 0 aliphatic heterocycles. The minimum atomic E-state index is 0.0551. The molecule has 0 saturated heterocycles. The van der Waals surface area contributed by atoms with E-state index in [9.17, 15) is 5.11 Å². The Balaban J connectivity index is 2.16. The minimum Gasteiger partial charge on any atom is -0.507 e. The Morgan fingerprint density at radius 3 is 2.27 bits per heavy atom. The van der Waals surface area contributed by atoms with Crippen LogP contribution in [0.2, 0.25) is 0 Å². The zero-order valence-electron chi connectivity index (χ0n) is 14.8. The van der Waals surface area contributed by atoms with E-state index in [4.69, 9.17) is 10.5 Å². The van der Waals surface area contributed by atoms with Gasteiger partial charge in [-0.05, 0) is 49.8 Å². The summed E-state index contributed by atoms with van der Waals surface area (Å²) in [5.41, 5.74) is 3.14. The molecule has 0 amide bonds. The van der Waals surface area contributed by atoms with Crippen LogP contribution in [-0.2, 0) is 0 Å². The Bertz CT molecular complexity index is 879. The second kappa shape index (κ2) is 9.05. The molecule has 26 heavy (non-hydrogen) atoms. The van der Waals surface area contributed by atoms with Crippen molar-refractivity contribution in [3.63, 3.8) is 0 Å². The van der Waals surface area contributed by atoms with Crippen molar-refractivity contribution >= 4 is 23.7 Å². The molecule has 130 valence electrons. The fourth-order valence-electron chi connectivity index (χ4n) is 2.48. The number of nitriles is 2. The quantitative estimate of drug-likeness (QED) is 0.621. The first kappa shape index (κ1) is 18.8. The van der Waals surface area contributed by atoms with Gasteiger partial charge in [-0.25, -0.2) is 0 Å². The number of anilines is 1. The summed E-state index contributed by atoms with van der Waals surface area (Å²) < 4.78 is 0. The van der Waals surface area contributed by atoms with Gasteiger partial charge in [0.2, 0.25) is 0 Å². The van der Waals surface area contributed by atoms with E-state index in [2.05, 4.69) is 23.7 Å². The molecule has 2 aromatic carbocycles. The van der Waals surface area contributed by atoms with E-state index in [0.29, 0.717) is 11.3 Å². The topological polar surface area (TPSA) is 83.4 Å². The van der Waals surface area contributed by atoms with Gasteiger partial charge in [-0.15, -0.1) is 0 Å². The number of benzene rings is 2. The minimum absolute atomic E-state index is 0.0551. The van der Waals surface area contributed by atoms with E-state index in [1.165, 1.54) is 6.08 Å². The molecule has 0 atom stereocenters. The van der Waals surface area contributed by atoms with Gasteiger partial charge in [0.15, 0.2) is 0 Å². The summed E-state index contributed by atoms with van der Waals surface area (Å²) in [6.07, 6.45) is 3.13. The molecular formula is C21H20N4O. The maximum atomic E-state index is 10.2. The monoisotopic (exact) mass is 344 g/mol. The molecule has 2 aromatic rings. The predicted octanol–water partition coefficient (Wildman–Crippen LogP) is 4.42. The average Bonchev–Trinajstić information content (AvgIpc) is 2.67. The zero-order chi connectivity index (χ0) is 18.9. The van der Waals surface area contributed by atoms with Crippen molar-refractivity contribution in [3.05, 3.63) is 59.2 Å². The van der Waals surface area contributed by atoms with Gasteiger partial charge in [0.25, 0.3) is 0 Å². The number of aromatic hydroxyl groups is 1. The molecule has 0 fully saturated rings. The van der Waals surface area contributed by atoms with Crippen molar-refractivity contribution in [1.82, 2.24) is 0 Å². The van der Waals surface area contributed by atoms with Gasteiger partial charge in [-0.2, -0.15) is 10.5 Å². The van der Waals surface area contributed by atoms with E-state index in [-0.39, 0.29) is 11.3 Å². The number of hydrogen-bond donors (Lipinski definition) is 1. The van der Waals surface area contributed by atoms with E-state index < -0.39 is 0 Å². The summed E-state index contributed by atoms with van der Waals surface area (Å²) in [5, 5.41) is 27.8. The number of phenols is 1. The molecule has 0 aromatic heterocycles. The summed E-state index contributed by atoms with van der Waals surface area (Å²) in [5.74, 6) is 0.186. The summed E-state index contributed by atoms with van der Waals surface area (Å²) in [6, 6.07) is 16.3. The lowest BCUT2D eigenvalue weighted by Gasteiger charge is -2.21. The van der Waals surface area contributed by atoms with E-state index >= 15 is 0 Å². The Kier molecular flexibility index (Phi) is 6.53. The largest absolute Gasteiger partial charge is 0.507 e. The highest BCUT2D eigenvalue weighted by Gasteiger charge is 2.05. The Hall–Kier alpha value is -3.57. The van der Waals surface area contributed by atoms with Gasteiger partial charge in [-0.3, -0.25) is 4.99 Å². The van der Waals surface area contributed by atoms with Gasteiger partial charge >= 0.3 is 0 Å². The lowest BCUT2D eigenvalue weighted by atomic mass is 10.1. The molecule has 0 bridgehead atoms. The van der Waals surface area contributed by atoms with Crippen LogP contribution in [0.15, 0.2) is 53.0 Å². The fraction of sp³-hybridized carbons (Fsp3) is 0.190. The molecule has 5 heteroatoms. The van der Waals surface area contributed by atoms with Gasteiger partial charge < -0.3 is 10.0 Å². The molecule has 0 saturated carbocycles. The highest BCUT2D eigenvalue weighted by Crippen LogP contribution is 2.24. The second-order valence-electron chi connectivity index (χ2n) is 5.55. The van der Waals surface area contributed by atoms with Gasteiger partial charge in [0.1, 0.15) is 23.5 Å². The summed E-state index contributed by atoms with van der Waals surface area (Å²) in [6.45, 7) is 5.91. The molecule has 1 N–H and O–H groups in total. The van der Waals surface area contributed by atoms with Gasteiger partial charge in [0, 0.05) is 36.6 Å². The molecule has 0 radical (unpaired) electrons. The molecule has 0 unspecified atom stereocenters. The van der Waals surface area contributed by atoms with Crippen LogP contribution in [0.25, 0.3) is 6.08 Å². The molecule has 2 rings (SSSR count). The van der Waals surface area contributed by atoms with Crippen molar-refractivity contribution in [3.8, 4) is 17.9 Å². The average molecular weight is 344 g/mol. The molecule has 0 aliphatic rings. The maximum absolute atomic E-state index is 10.2. The van der Waals surface area contributed by atoms with Crippen molar-refractivity contribution in [1.29, 1.82) is 10.5 Å². The van der Waals surface area contributed by atoms with Crippen LogP contribution in [0.5, 0.6) is 5.75 Å². The van der Waals surface area contributed by atoms with Crippen LogP contribution < -0.4 is 4.90 Å². The molecule has 0 aliphatic carbocycles. The van der Waals surface area contributed by atoms with Crippen molar-refractivity contribution in [2.24, 2.45) is 4.99 Å². The van der Waals surface area contributed by atoms with Crippen molar-refractivity contribution < 1.29 is 5.11 Å². The van der Waals surface area contributed by atoms with Crippen LogP contribution in [0.3, 0.4) is 0 Å². The summed E-state index contributed by atoms with van der Waals surface area (Å²) in [4.78, 5) is 6.52. The summed E-state index contributed by atoms with van der Waals surface area (Å²) >= 11 is 0. The van der Waals surface area contributed by atoms with Gasteiger partial charge in [0.05, 0.1) is 5.69 Å². The first-order chi connectivity index (χ1) is 12.6. The third-order valence-electron chi connectivity index (χ3n) is 3.94. The normalized spacial score (nSPS) is 10.2. The van der Waals surface area contributed by atoms with Crippen LogP contribution in [0.1, 0.15) is 25.0 Å². The van der Waals surface area contributed by atoms with E-state index in [1.807, 2.05) is 24.3 Å². The van der Waals surface area contributed by atoms with Crippen molar-refractivity contribution in [2.75, 3.05) is 18.0 Å². The highest BCUT2D eigenvalue weighted by molar-refractivity contribution is 5.86. The lowest BCUT2D eigenvalue weighted by molar-refractivity contribution is 0.474. The third-order valence-corrected chi connectivity index (χ3v) is 3.94. The molecule has 5 nitrogen and oxygen atoms in total. The molecule has 0 heterocycles. The molecular weight excluding hydrogens is 324 g/mol. The summed E-state index contributed by atoms with van der Waals surface area (Å²) in [7, 11) is 0. The highest BCUT2D eigenvalue weighted by atomic mass is 16.3. The van der Waals surface area contributed by atoms with E-state index in [0.717, 1.165) is 24.3 Å². The fourth-order valence-corrected chi connectivity index (χ4v) is 2.48. The van der Waals surface area contributed by atoms with Crippen molar-refractivity contribution in [2.45, 2.75) is 13.8 Å². The van der Waals surface area contributed by atoms with Crippen LogP contribution in [0.4, 0.5) is 11.4 Å². The predicted molar refractivity (Wildman–Crippen MR) is 105 cm³/mol. The Labute approximate surface area is 153 Å². The smallest absolute Gasteiger partial charge is 0.130 e. The first-order valence-electron chi connectivity index (χ1n) is 8.35. The third kappa shape index (κ3) is 4.72. The standard InChI is InChI=1S/C21H20N4O/c1-3-25(4-2)20-10-7-18(21(26)12-20)15-24-19-8-5-16(6-9-19)11-17(13-22)14-23/h5-12,15,26H,3-4H2,1-2H3. The van der Waals surface area contributed by atoms with Crippen LogP contribution in [-0.4, -0.2) is 24.4 Å². The maximum Gasteiger partial charge on any atom is 0.130 e. The number of allylic oxidation sites excluding steroid dienone is 1. The van der Waals surface area contributed by atoms with Gasteiger partial charge in [-0.1, -0.05) is 12.1 Å². The second-order valence-corrected chi connectivity index (χ2v) is 5.55. The van der Waals surface area contributed by atoms with Crippen LogP contribution >= 0.6 is 0 Å². The van der Waals surface area contributed by atoms with Crippen LogP contribution in [0, 0.1) is 22.7 Å². The number of nitrogens with zero attached hydrogens (tertiary/aromatic N) is 4. The first-order valence-corrected chi connectivity index (χ1v) is 8.35. The zero-order valence-corrected chi connectivity index (χ0v) is 14.8. The Morgan fingerprint density at radius 2 is 1.73 bits per heavy atom. The van der Waals surface area contributed by atoms with E-state index in [1.54, 1.807) is 36.5 Å². The number of hydrogen-bond acceptors (Lipinski definition) is 5. The SMILES string of the molecule is CCN(CC)c1ccc(C=Nc2ccc(C=C(C#N)C#N)cc2)c(O)c1. The number of rotatable bonds is 6. The lowest BCUT2D eigenvalue weighted by Crippen LogP contribution is -2.21. The Morgan fingerprint density at radius 1 is 1.08 bits per heavy atom. The number of phenolic OH excluding ortho intramolecular Hbond substituents is 1.